The van der Waals surface area contributed by atoms with Crippen molar-refractivity contribution in [2.75, 3.05) is 6.54 Å². The van der Waals surface area contributed by atoms with Gasteiger partial charge in [0.2, 0.25) is 0 Å². The highest BCUT2D eigenvalue weighted by atomic mass is 16.4. The molecule has 0 spiro atoms. The van der Waals surface area contributed by atoms with Gasteiger partial charge in [0.15, 0.2) is 0 Å². The summed E-state index contributed by atoms with van der Waals surface area (Å²) in [6.45, 7) is 0.548. The van der Waals surface area contributed by atoms with Crippen LogP contribution in [0.25, 0.3) is 0 Å². The maximum Gasteiger partial charge on any atom is 0.405 e. The molecule has 0 fully saturated rings. The van der Waals surface area contributed by atoms with Crippen molar-refractivity contribution in [3.05, 3.63) is 0 Å². The lowest BCUT2D eigenvalue weighted by Gasteiger charge is -2.02. The molecule has 0 aromatic heterocycles. The van der Waals surface area contributed by atoms with E-state index in [1.807, 2.05) is 0 Å². The summed E-state index contributed by atoms with van der Waals surface area (Å²) < 4.78 is 0. The second-order valence-corrected chi connectivity index (χ2v) is 1.65. The van der Waals surface area contributed by atoms with E-state index < -0.39 is 6.09 Å². The van der Waals surface area contributed by atoms with E-state index in [9.17, 15) is 4.79 Å². The van der Waals surface area contributed by atoms with Crippen LogP contribution in [0.15, 0.2) is 0 Å². The smallest absolute Gasteiger partial charge is 0.405 e. The first-order valence-electron chi connectivity index (χ1n) is 2.52. The molecule has 0 saturated carbocycles. The summed E-state index contributed by atoms with van der Waals surface area (Å²) >= 11 is 0. The molecule has 0 unspecified atom stereocenters. The summed E-state index contributed by atoms with van der Waals surface area (Å²) in [6, 6.07) is 2.32. The first-order valence-corrected chi connectivity index (χ1v) is 2.52. The Bertz CT molecular complexity index is 179. The van der Waals surface area contributed by atoms with Gasteiger partial charge in [0.25, 0.3) is 0 Å². The Labute approximate surface area is 52.2 Å². The van der Waals surface area contributed by atoms with E-state index in [-0.39, 0.29) is 6.04 Å². The van der Waals surface area contributed by atoms with E-state index in [2.05, 4.69) is 22.6 Å². The van der Waals surface area contributed by atoms with Gasteiger partial charge in [-0.1, -0.05) is 5.92 Å². The highest BCUT2D eigenvalue weighted by Crippen LogP contribution is 1.82. The van der Waals surface area contributed by atoms with Crippen LogP contribution in [-0.4, -0.2) is 23.8 Å². The van der Waals surface area contributed by atoms with Crippen molar-refractivity contribution in [1.82, 2.24) is 10.6 Å². The van der Waals surface area contributed by atoms with Crippen LogP contribution in [0.5, 0.6) is 0 Å². The molecule has 48 valence electrons. The number of carbonyl (C=O) groups is 1. The van der Waals surface area contributed by atoms with Crippen molar-refractivity contribution in [3.8, 4) is 12.0 Å². The SMILES string of the molecule is O=C(O)N[C@@H]1C#CNC1. The topological polar surface area (TPSA) is 61.4 Å². The van der Waals surface area contributed by atoms with E-state index in [0.717, 1.165) is 0 Å². The van der Waals surface area contributed by atoms with Gasteiger partial charge in [-0.2, -0.15) is 0 Å². The minimum Gasteiger partial charge on any atom is -0.465 e. The fourth-order valence-corrected chi connectivity index (χ4v) is 0.578. The summed E-state index contributed by atoms with van der Waals surface area (Å²) in [4.78, 5) is 9.95. The monoisotopic (exact) mass is 126 g/mol. The van der Waals surface area contributed by atoms with Crippen LogP contribution in [-0.2, 0) is 0 Å². The normalized spacial score (nSPS) is 21.6. The van der Waals surface area contributed by atoms with Crippen molar-refractivity contribution in [2.45, 2.75) is 6.04 Å². The quantitative estimate of drug-likeness (QED) is 0.402. The van der Waals surface area contributed by atoms with Crippen molar-refractivity contribution >= 4 is 6.09 Å². The Hall–Kier alpha value is -1.37. The van der Waals surface area contributed by atoms with Crippen LogP contribution in [0.4, 0.5) is 4.79 Å². The first kappa shape index (κ1) is 5.76. The lowest BCUT2D eigenvalue weighted by molar-refractivity contribution is 0.192. The van der Waals surface area contributed by atoms with Gasteiger partial charge in [-0.25, -0.2) is 4.79 Å². The van der Waals surface area contributed by atoms with Crippen LogP contribution in [0.2, 0.25) is 0 Å². The molecular formula is C5H6N2O2. The molecule has 0 bridgehead atoms. The maximum atomic E-state index is 9.95. The Morgan fingerprint density at radius 3 is 3.11 bits per heavy atom. The van der Waals surface area contributed by atoms with Crippen LogP contribution in [0, 0.1) is 12.0 Å². The van der Waals surface area contributed by atoms with Crippen LogP contribution in [0.3, 0.4) is 0 Å². The highest BCUT2D eigenvalue weighted by molar-refractivity contribution is 5.65. The fraction of sp³-hybridized carbons (Fsp3) is 0.400. The molecule has 4 heteroatoms. The van der Waals surface area contributed by atoms with Crippen molar-refractivity contribution in [2.24, 2.45) is 0 Å². The van der Waals surface area contributed by atoms with E-state index in [4.69, 9.17) is 5.11 Å². The largest absolute Gasteiger partial charge is 0.465 e. The summed E-state index contributed by atoms with van der Waals surface area (Å²) in [5, 5.41) is 13.1. The Morgan fingerprint density at radius 2 is 2.67 bits per heavy atom. The summed E-state index contributed by atoms with van der Waals surface area (Å²) in [5.74, 6) is 2.63. The van der Waals surface area contributed by atoms with E-state index in [1.54, 1.807) is 0 Å². The standard InChI is InChI=1S/C5H6N2O2/c8-5(9)7-4-1-2-6-3-4/h4,6-7H,3H2,(H,8,9)/t4-/m1/s1. The third-order valence-electron chi connectivity index (χ3n) is 0.939. The first-order chi connectivity index (χ1) is 4.29. The number of rotatable bonds is 1. The molecule has 9 heavy (non-hydrogen) atoms. The maximum absolute atomic E-state index is 9.95. The zero-order valence-corrected chi connectivity index (χ0v) is 4.64. The van der Waals surface area contributed by atoms with Gasteiger partial charge in [0.05, 0.1) is 6.54 Å². The van der Waals surface area contributed by atoms with Gasteiger partial charge in [-0.3, -0.25) is 0 Å². The average Bonchev–Trinajstić information content (AvgIpc) is 2.15. The highest BCUT2D eigenvalue weighted by Gasteiger charge is 2.09. The zero-order chi connectivity index (χ0) is 6.69. The molecule has 1 aliphatic rings. The van der Waals surface area contributed by atoms with Crippen LogP contribution >= 0.6 is 0 Å². The molecule has 0 aromatic rings. The Kier molecular flexibility index (Phi) is 1.45. The Morgan fingerprint density at radius 1 is 1.89 bits per heavy atom. The number of hydrogen-bond donors (Lipinski definition) is 3. The van der Waals surface area contributed by atoms with Gasteiger partial charge >= 0.3 is 6.09 Å². The number of carboxylic acid groups (broad SMARTS) is 1. The molecule has 1 amide bonds. The molecule has 0 aromatic carbocycles. The number of amides is 1. The minimum atomic E-state index is -1.03. The van der Waals surface area contributed by atoms with Gasteiger partial charge in [0, 0.05) is 6.04 Å². The predicted octanol–water partition coefficient (Wildman–Crippen LogP) is -0.813. The van der Waals surface area contributed by atoms with Crippen molar-refractivity contribution in [3.63, 3.8) is 0 Å². The second-order valence-electron chi connectivity index (χ2n) is 1.65. The molecule has 0 aliphatic carbocycles. The van der Waals surface area contributed by atoms with Crippen molar-refractivity contribution < 1.29 is 9.90 Å². The number of hydrogen-bond acceptors (Lipinski definition) is 2. The van der Waals surface area contributed by atoms with Gasteiger partial charge in [0.1, 0.15) is 6.04 Å². The summed E-state index contributed by atoms with van der Waals surface area (Å²) in [6.07, 6.45) is -1.03. The summed E-state index contributed by atoms with van der Waals surface area (Å²) in [7, 11) is 0. The predicted molar refractivity (Wildman–Crippen MR) is 30.7 cm³/mol. The second kappa shape index (κ2) is 2.27. The fourth-order valence-electron chi connectivity index (χ4n) is 0.578. The molecule has 0 radical (unpaired) electrons. The molecule has 3 N–H and O–H groups in total. The third-order valence-corrected chi connectivity index (χ3v) is 0.939. The molecule has 1 heterocycles. The third kappa shape index (κ3) is 1.53. The van der Waals surface area contributed by atoms with Crippen LogP contribution in [0.1, 0.15) is 0 Å². The van der Waals surface area contributed by atoms with Gasteiger partial charge < -0.3 is 15.7 Å². The molecule has 0 saturated heterocycles. The number of nitrogens with one attached hydrogen (secondary N) is 2. The van der Waals surface area contributed by atoms with E-state index in [0.29, 0.717) is 6.54 Å². The lowest BCUT2D eigenvalue weighted by atomic mass is 10.3. The molecule has 1 aliphatic heterocycles. The molecular weight excluding hydrogens is 120 g/mol. The minimum absolute atomic E-state index is 0.234. The summed E-state index contributed by atoms with van der Waals surface area (Å²) in [5.41, 5.74) is 0. The van der Waals surface area contributed by atoms with E-state index in [1.165, 1.54) is 0 Å². The van der Waals surface area contributed by atoms with Gasteiger partial charge in [-0.05, 0) is 0 Å². The van der Waals surface area contributed by atoms with Gasteiger partial charge in [-0.15, -0.1) is 0 Å². The lowest BCUT2D eigenvalue weighted by Crippen LogP contribution is -2.35. The molecule has 1 atom stereocenters. The Balaban J connectivity index is 2.31. The van der Waals surface area contributed by atoms with E-state index >= 15 is 0 Å². The molecule has 4 nitrogen and oxygen atoms in total. The van der Waals surface area contributed by atoms with Crippen LogP contribution < -0.4 is 10.6 Å². The molecule has 1 rings (SSSR count). The average molecular weight is 126 g/mol. The van der Waals surface area contributed by atoms with Crippen molar-refractivity contribution in [1.29, 1.82) is 0 Å². The zero-order valence-electron chi connectivity index (χ0n) is 4.64.